The molecule has 0 aliphatic carbocycles. The molecule has 148 valence electrons. The molecule has 0 bridgehead atoms. The van der Waals surface area contributed by atoms with Crippen molar-refractivity contribution in [2.24, 2.45) is 10.2 Å². The lowest BCUT2D eigenvalue weighted by atomic mass is 9.99. The van der Waals surface area contributed by atoms with Gasteiger partial charge in [-0.3, -0.25) is 9.59 Å². The molecule has 0 spiro atoms. The number of nitrogens with zero attached hydrogens (tertiary/aromatic N) is 2. The molecular formula is C20H17N3O5S. The number of methoxy groups -OCH3 is 1. The summed E-state index contributed by atoms with van der Waals surface area (Å²) < 4.78 is 4.70. The predicted molar refractivity (Wildman–Crippen MR) is 110 cm³/mol. The third-order valence-electron chi connectivity index (χ3n) is 4.06. The maximum Gasteiger partial charge on any atom is 0.337 e. The fourth-order valence-corrected chi connectivity index (χ4v) is 3.58. The van der Waals surface area contributed by atoms with E-state index in [9.17, 15) is 14.4 Å². The van der Waals surface area contributed by atoms with Crippen molar-refractivity contribution in [1.82, 2.24) is 5.32 Å². The first kappa shape index (κ1) is 20.3. The van der Waals surface area contributed by atoms with Crippen LogP contribution in [0.25, 0.3) is 11.1 Å². The van der Waals surface area contributed by atoms with Gasteiger partial charge in [0.05, 0.1) is 25.3 Å². The fourth-order valence-electron chi connectivity index (χ4n) is 2.66. The third-order valence-corrected chi connectivity index (χ3v) is 5.13. The summed E-state index contributed by atoms with van der Waals surface area (Å²) in [5.74, 6) is -1.84. The molecule has 1 heterocycles. The molecule has 2 N–H and O–H groups in total. The summed E-state index contributed by atoms with van der Waals surface area (Å²) in [4.78, 5) is 34.1. The molecule has 3 rings (SSSR count). The first-order valence-corrected chi connectivity index (χ1v) is 9.44. The van der Waals surface area contributed by atoms with Crippen molar-refractivity contribution in [3.8, 4) is 11.1 Å². The number of esters is 1. The number of carboxylic acids is 1. The van der Waals surface area contributed by atoms with Gasteiger partial charge in [0.15, 0.2) is 5.17 Å². The molecule has 9 heteroatoms. The van der Waals surface area contributed by atoms with Gasteiger partial charge < -0.3 is 15.2 Å². The van der Waals surface area contributed by atoms with Gasteiger partial charge in [-0.1, -0.05) is 48.2 Å². The molecular weight excluding hydrogens is 394 g/mol. The highest BCUT2D eigenvalue weighted by Crippen LogP contribution is 2.24. The van der Waals surface area contributed by atoms with E-state index in [4.69, 9.17) is 9.84 Å². The van der Waals surface area contributed by atoms with Gasteiger partial charge in [-0.25, -0.2) is 4.79 Å². The lowest BCUT2D eigenvalue weighted by Crippen LogP contribution is -2.26. The molecule has 2 aromatic rings. The number of ether oxygens (including phenoxy) is 1. The topological polar surface area (TPSA) is 117 Å². The van der Waals surface area contributed by atoms with Crippen LogP contribution >= 0.6 is 11.8 Å². The van der Waals surface area contributed by atoms with Crippen LogP contribution in [0.1, 0.15) is 22.3 Å². The largest absolute Gasteiger partial charge is 0.481 e. The van der Waals surface area contributed by atoms with E-state index in [1.54, 1.807) is 18.3 Å². The summed E-state index contributed by atoms with van der Waals surface area (Å²) in [5, 5.41) is 18.9. The van der Waals surface area contributed by atoms with Crippen LogP contribution in [0.5, 0.6) is 0 Å². The minimum absolute atomic E-state index is 0.261. The molecule has 29 heavy (non-hydrogen) atoms. The van der Waals surface area contributed by atoms with Crippen LogP contribution in [-0.4, -0.2) is 46.7 Å². The zero-order valence-corrected chi connectivity index (χ0v) is 16.2. The number of amides is 1. The van der Waals surface area contributed by atoms with Crippen molar-refractivity contribution in [2.45, 2.75) is 11.7 Å². The van der Waals surface area contributed by atoms with Crippen LogP contribution in [0.15, 0.2) is 58.7 Å². The number of hydrogen-bond acceptors (Lipinski definition) is 7. The first-order valence-electron chi connectivity index (χ1n) is 8.56. The molecule has 0 aromatic heterocycles. The number of hydrogen-bond donors (Lipinski definition) is 2. The van der Waals surface area contributed by atoms with Crippen LogP contribution in [0.3, 0.4) is 0 Å². The van der Waals surface area contributed by atoms with Crippen molar-refractivity contribution in [3.05, 3.63) is 59.7 Å². The highest BCUT2D eigenvalue weighted by molar-refractivity contribution is 8.15. The number of carbonyl (C=O) groups excluding carboxylic acids is 2. The number of thioether (sulfide) groups is 1. The molecule has 0 radical (unpaired) electrons. The maximum atomic E-state index is 11.7. The van der Waals surface area contributed by atoms with E-state index in [0.717, 1.165) is 28.5 Å². The van der Waals surface area contributed by atoms with Crippen LogP contribution < -0.4 is 5.32 Å². The molecule has 1 atom stereocenters. The number of nitrogens with one attached hydrogen (secondary N) is 1. The van der Waals surface area contributed by atoms with Crippen LogP contribution in [0, 0.1) is 0 Å². The second-order valence-electron chi connectivity index (χ2n) is 6.00. The molecule has 1 fully saturated rings. The average molecular weight is 411 g/mol. The van der Waals surface area contributed by atoms with Crippen LogP contribution in [0.2, 0.25) is 0 Å². The van der Waals surface area contributed by atoms with Crippen molar-refractivity contribution in [3.63, 3.8) is 0 Å². The first-order chi connectivity index (χ1) is 14.0. The Bertz CT molecular complexity index is 1000. The molecule has 1 saturated heterocycles. The summed E-state index contributed by atoms with van der Waals surface area (Å²) in [6.07, 6.45) is 1.28. The van der Waals surface area contributed by atoms with Crippen molar-refractivity contribution < 1.29 is 24.2 Å². The Hall–Kier alpha value is -3.46. The highest BCUT2D eigenvalue weighted by Gasteiger charge is 2.32. The number of carbonyl (C=O) groups is 3. The Morgan fingerprint density at radius 1 is 1.21 bits per heavy atom. The van der Waals surface area contributed by atoms with Crippen LogP contribution in [-0.2, 0) is 14.3 Å². The minimum Gasteiger partial charge on any atom is -0.481 e. The predicted octanol–water partition coefficient (Wildman–Crippen LogP) is 2.54. The SMILES string of the molecule is COC(=O)c1ccc(-c2ccccc2C=NN=C2NC(=O)C(CC(=O)O)S2)cc1. The van der Waals surface area contributed by atoms with E-state index in [2.05, 4.69) is 15.5 Å². The fraction of sp³-hybridized carbons (Fsp3) is 0.150. The summed E-state index contributed by atoms with van der Waals surface area (Å²) in [6.45, 7) is 0. The Labute approximate surface area is 170 Å². The van der Waals surface area contributed by atoms with Crippen molar-refractivity contribution >= 4 is 41.0 Å². The van der Waals surface area contributed by atoms with Gasteiger partial charge >= 0.3 is 11.9 Å². The Kier molecular flexibility index (Phi) is 6.40. The number of benzene rings is 2. The highest BCUT2D eigenvalue weighted by atomic mass is 32.2. The number of carboxylic acid groups (broad SMARTS) is 1. The van der Waals surface area contributed by atoms with Crippen molar-refractivity contribution in [2.75, 3.05) is 7.11 Å². The van der Waals surface area contributed by atoms with Crippen molar-refractivity contribution in [1.29, 1.82) is 0 Å². The molecule has 2 aromatic carbocycles. The smallest absolute Gasteiger partial charge is 0.337 e. The molecule has 1 unspecified atom stereocenters. The van der Waals surface area contributed by atoms with Gasteiger partial charge in [-0.2, -0.15) is 5.10 Å². The van der Waals surface area contributed by atoms with Crippen LogP contribution in [0.4, 0.5) is 0 Å². The molecule has 1 aliphatic heterocycles. The van der Waals surface area contributed by atoms with E-state index >= 15 is 0 Å². The standard InChI is InChI=1S/C20H17N3O5S/c1-28-19(27)13-8-6-12(7-9-13)15-5-3-2-4-14(15)11-21-23-20-22-18(26)16(29-20)10-17(24)25/h2-9,11,16H,10H2,1H3,(H,24,25)(H,22,23,26). The third kappa shape index (κ3) is 5.08. The number of amidine groups is 1. The lowest BCUT2D eigenvalue weighted by molar-refractivity contribution is -0.138. The van der Waals surface area contributed by atoms with Gasteiger partial charge in [0.25, 0.3) is 0 Å². The Morgan fingerprint density at radius 2 is 1.93 bits per heavy atom. The monoisotopic (exact) mass is 411 g/mol. The van der Waals surface area contributed by atoms with E-state index in [-0.39, 0.29) is 11.6 Å². The quantitative estimate of drug-likeness (QED) is 0.429. The van der Waals surface area contributed by atoms with E-state index < -0.39 is 23.1 Å². The lowest BCUT2D eigenvalue weighted by Gasteiger charge is -2.06. The second kappa shape index (κ2) is 9.16. The van der Waals surface area contributed by atoms with Gasteiger partial charge in [0.1, 0.15) is 5.25 Å². The van der Waals surface area contributed by atoms with E-state index in [0.29, 0.717) is 5.56 Å². The molecule has 1 aliphatic rings. The second-order valence-corrected chi connectivity index (χ2v) is 7.19. The number of aliphatic carboxylic acids is 1. The van der Waals surface area contributed by atoms with E-state index in [1.165, 1.54) is 7.11 Å². The zero-order valence-electron chi connectivity index (χ0n) is 15.4. The Balaban J connectivity index is 1.77. The number of rotatable bonds is 6. The zero-order chi connectivity index (χ0) is 20.8. The summed E-state index contributed by atoms with van der Waals surface area (Å²) in [6, 6.07) is 14.5. The van der Waals surface area contributed by atoms with Gasteiger partial charge in [0, 0.05) is 5.56 Å². The van der Waals surface area contributed by atoms with E-state index in [1.807, 2.05) is 36.4 Å². The normalized spacial score (nSPS) is 17.5. The van der Waals surface area contributed by atoms with Gasteiger partial charge in [-0.15, -0.1) is 5.10 Å². The molecule has 8 nitrogen and oxygen atoms in total. The van der Waals surface area contributed by atoms with Gasteiger partial charge in [0.2, 0.25) is 5.91 Å². The summed E-state index contributed by atoms with van der Waals surface area (Å²) in [5.41, 5.74) is 3.02. The molecule has 1 amide bonds. The van der Waals surface area contributed by atoms with Gasteiger partial charge in [-0.05, 0) is 23.3 Å². The maximum absolute atomic E-state index is 11.7. The Morgan fingerprint density at radius 3 is 2.62 bits per heavy atom. The molecule has 0 saturated carbocycles. The summed E-state index contributed by atoms with van der Waals surface area (Å²) in [7, 11) is 1.33. The minimum atomic E-state index is -1.05. The average Bonchev–Trinajstić information content (AvgIpc) is 3.06. The summed E-state index contributed by atoms with van der Waals surface area (Å²) >= 11 is 1.04.